The largest absolute Gasteiger partial charge is 0.493 e. The number of rotatable bonds is 5. The number of carbonyl (C=O) groups is 1. The number of anilines is 1. The molecule has 2 aromatic rings. The van der Waals surface area contributed by atoms with Crippen molar-refractivity contribution < 1.29 is 14.3 Å². The monoisotopic (exact) mass is 344 g/mol. The van der Waals surface area contributed by atoms with Gasteiger partial charge in [0.15, 0.2) is 17.6 Å². The summed E-state index contributed by atoms with van der Waals surface area (Å²) in [5.74, 6) is 0.474. The molecule has 1 N–H and O–H groups in total. The van der Waals surface area contributed by atoms with E-state index in [4.69, 9.17) is 26.3 Å². The number of carbonyl (C=O) groups excluding carboxylic acids is 1. The predicted molar refractivity (Wildman–Crippen MR) is 92.6 cm³/mol. The van der Waals surface area contributed by atoms with E-state index in [-0.39, 0.29) is 5.91 Å². The molecule has 2 aromatic carbocycles. The molecule has 0 fully saturated rings. The molecule has 0 unspecified atom stereocenters. The SMILES string of the molecule is COc1cc(C#N)ccc1O[C@@H](C)C(=O)Nc1cc(Cl)ccc1C. The van der Waals surface area contributed by atoms with Crippen LogP contribution < -0.4 is 14.8 Å². The van der Waals surface area contributed by atoms with Gasteiger partial charge in [-0.25, -0.2) is 0 Å². The third kappa shape index (κ3) is 4.18. The minimum atomic E-state index is -0.759. The molecule has 0 spiro atoms. The summed E-state index contributed by atoms with van der Waals surface area (Å²) in [4.78, 5) is 12.3. The number of nitrogens with zero attached hydrogens (tertiary/aromatic N) is 1. The van der Waals surface area contributed by atoms with Gasteiger partial charge in [0, 0.05) is 16.8 Å². The van der Waals surface area contributed by atoms with Gasteiger partial charge >= 0.3 is 0 Å². The Morgan fingerprint density at radius 2 is 2.00 bits per heavy atom. The van der Waals surface area contributed by atoms with Crippen molar-refractivity contribution in [1.29, 1.82) is 5.26 Å². The number of ether oxygens (including phenoxy) is 2. The van der Waals surface area contributed by atoms with Crippen LogP contribution >= 0.6 is 11.6 Å². The lowest BCUT2D eigenvalue weighted by molar-refractivity contribution is -0.122. The molecule has 0 radical (unpaired) electrons. The normalized spacial score (nSPS) is 11.3. The molecule has 0 aliphatic carbocycles. The molecule has 0 bridgehead atoms. The van der Waals surface area contributed by atoms with Gasteiger partial charge in [-0.05, 0) is 43.7 Å². The summed E-state index contributed by atoms with van der Waals surface area (Å²) in [6, 6.07) is 12.1. The minimum absolute atomic E-state index is 0.313. The fourth-order valence-electron chi connectivity index (χ4n) is 2.04. The highest BCUT2D eigenvalue weighted by atomic mass is 35.5. The van der Waals surface area contributed by atoms with Crippen molar-refractivity contribution in [1.82, 2.24) is 0 Å². The molecule has 6 heteroatoms. The summed E-state index contributed by atoms with van der Waals surface area (Å²) >= 11 is 5.95. The number of halogens is 1. The summed E-state index contributed by atoms with van der Waals surface area (Å²) in [6.45, 7) is 3.51. The fourth-order valence-corrected chi connectivity index (χ4v) is 2.21. The van der Waals surface area contributed by atoms with Gasteiger partial charge in [-0.2, -0.15) is 5.26 Å². The van der Waals surface area contributed by atoms with Crippen molar-refractivity contribution in [3.8, 4) is 17.6 Å². The Hall–Kier alpha value is -2.71. The zero-order valence-corrected chi connectivity index (χ0v) is 14.3. The van der Waals surface area contributed by atoms with Crippen LogP contribution in [-0.4, -0.2) is 19.1 Å². The van der Waals surface area contributed by atoms with Crippen LogP contribution in [0.1, 0.15) is 18.1 Å². The van der Waals surface area contributed by atoms with E-state index < -0.39 is 6.10 Å². The summed E-state index contributed by atoms with van der Waals surface area (Å²) in [7, 11) is 1.48. The van der Waals surface area contributed by atoms with Crippen molar-refractivity contribution in [2.75, 3.05) is 12.4 Å². The van der Waals surface area contributed by atoms with Gasteiger partial charge in [-0.3, -0.25) is 4.79 Å². The predicted octanol–water partition coefficient (Wildman–Crippen LogP) is 3.93. The number of nitrogens with one attached hydrogen (secondary N) is 1. The Bertz CT molecular complexity index is 799. The lowest BCUT2D eigenvalue weighted by Gasteiger charge is -2.17. The van der Waals surface area contributed by atoms with E-state index in [1.54, 1.807) is 37.3 Å². The first-order chi connectivity index (χ1) is 11.4. The number of amides is 1. The van der Waals surface area contributed by atoms with E-state index in [1.165, 1.54) is 7.11 Å². The topological polar surface area (TPSA) is 71.3 Å². The highest BCUT2D eigenvalue weighted by Gasteiger charge is 2.18. The lowest BCUT2D eigenvalue weighted by Crippen LogP contribution is -2.30. The smallest absolute Gasteiger partial charge is 0.265 e. The molecule has 0 aromatic heterocycles. The number of hydrogen-bond acceptors (Lipinski definition) is 4. The summed E-state index contributed by atoms with van der Waals surface area (Å²) in [6.07, 6.45) is -0.759. The number of nitriles is 1. The van der Waals surface area contributed by atoms with Crippen LogP contribution in [0.4, 0.5) is 5.69 Å². The molecular formula is C18H17ClN2O3. The quantitative estimate of drug-likeness (QED) is 0.891. The second-order valence-electron chi connectivity index (χ2n) is 5.19. The Morgan fingerprint density at radius 1 is 1.25 bits per heavy atom. The van der Waals surface area contributed by atoms with Crippen molar-refractivity contribution in [3.63, 3.8) is 0 Å². The van der Waals surface area contributed by atoms with Gasteiger partial charge in [-0.15, -0.1) is 0 Å². The first-order valence-corrected chi connectivity index (χ1v) is 7.64. The average molecular weight is 345 g/mol. The maximum Gasteiger partial charge on any atom is 0.265 e. The van der Waals surface area contributed by atoms with E-state index in [0.717, 1.165) is 5.56 Å². The van der Waals surface area contributed by atoms with Gasteiger partial charge in [0.1, 0.15) is 0 Å². The number of aryl methyl sites for hydroxylation is 1. The highest BCUT2D eigenvalue weighted by molar-refractivity contribution is 6.31. The van der Waals surface area contributed by atoms with Gasteiger partial charge in [0.2, 0.25) is 0 Å². The van der Waals surface area contributed by atoms with Crippen LogP contribution in [0.15, 0.2) is 36.4 Å². The standard InChI is InChI=1S/C18H17ClN2O3/c1-11-4-6-14(19)9-15(11)21-18(22)12(2)24-16-7-5-13(10-20)8-17(16)23-3/h4-9,12H,1-3H3,(H,21,22)/t12-/m0/s1. The van der Waals surface area contributed by atoms with Crippen LogP contribution in [0.3, 0.4) is 0 Å². The third-order valence-electron chi connectivity index (χ3n) is 3.42. The molecule has 5 nitrogen and oxygen atoms in total. The van der Waals surface area contributed by atoms with Crippen LogP contribution in [0, 0.1) is 18.3 Å². The molecule has 24 heavy (non-hydrogen) atoms. The van der Waals surface area contributed by atoms with Crippen LogP contribution in [0.5, 0.6) is 11.5 Å². The van der Waals surface area contributed by atoms with Crippen molar-refractivity contribution in [3.05, 3.63) is 52.5 Å². The van der Waals surface area contributed by atoms with E-state index in [2.05, 4.69) is 5.32 Å². The summed E-state index contributed by atoms with van der Waals surface area (Å²) in [5, 5.41) is 12.2. The highest BCUT2D eigenvalue weighted by Crippen LogP contribution is 2.29. The van der Waals surface area contributed by atoms with E-state index in [9.17, 15) is 4.79 Å². The molecule has 0 saturated heterocycles. The second kappa shape index (κ2) is 7.71. The van der Waals surface area contributed by atoms with Crippen LogP contribution in [0.25, 0.3) is 0 Å². The zero-order valence-electron chi connectivity index (χ0n) is 13.6. The molecule has 0 heterocycles. The molecular weight excluding hydrogens is 328 g/mol. The first kappa shape index (κ1) is 17.6. The number of benzene rings is 2. The maximum absolute atomic E-state index is 12.3. The maximum atomic E-state index is 12.3. The van der Waals surface area contributed by atoms with Gasteiger partial charge < -0.3 is 14.8 Å². The van der Waals surface area contributed by atoms with Crippen LogP contribution in [-0.2, 0) is 4.79 Å². The second-order valence-corrected chi connectivity index (χ2v) is 5.62. The Labute approximate surface area is 145 Å². The van der Waals surface area contributed by atoms with Crippen molar-refractivity contribution >= 4 is 23.2 Å². The molecule has 124 valence electrons. The average Bonchev–Trinajstić information content (AvgIpc) is 2.58. The van der Waals surface area contributed by atoms with E-state index >= 15 is 0 Å². The van der Waals surface area contributed by atoms with Gasteiger partial charge in [-0.1, -0.05) is 17.7 Å². The van der Waals surface area contributed by atoms with Crippen LogP contribution in [0.2, 0.25) is 5.02 Å². The summed E-state index contributed by atoms with van der Waals surface area (Å²) < 4.78 is 10.9. The number of hydrogen-bond donors (Lipinski definition) is 1. The Balaban J connectivity index is 2.12. The van der Waals surface area contributed by atoms with E-state index in [0.29, 0.717) is 27.8 Å². The molecule has 0 aliphatic rings. The van der Waals surface area contributed by atoms with Gasteiger partial charge in [0.25, 0.3) is 5.91 Å². The Kier molecular flexibility index (Phi) is 5.67. The molecule has 0 saturated carbocycles. The minimum Gasteiger partial charge on any atom is -0.493 e. The van der Waals surface area contributed by atoms with E-state index in [1.807, 2.05) is 19.1 Å². The zero-order chi connectivity index (χ0) is 17.7. The fraction of sp³-hybridized carbons (Fsp3) is 0.222. The van der Waals surface area contributed by atoms with Gasteiger partial charge in [0.05, 0.1) is 18.7 Å². The number of methoxy groups -OCH3 is 1. The molecule has 0 aliphatic heterocycles. The molecule has 1 atom stereocenters. The third-order valence-corrected chi connectivity index (χ3v) is 3.66. The van der Waals surface area contributed by atoms with Crippen molar-refractivity contribution in [2.24, 2.45) is 0 Å². The van der Waals surface area contributed by atoms with Crippen molar-refractivity contribution in [2.45, 2.75) is 20.0 Å². The molecule has 2 rings (SSSR count). The lowest BCUT2D eigenvalue weighted by atomic mass is 10.2. The summed E-state index contributed by atoms with van der Waals surface area (Å²) in [5.41, 5.74) is 1.98. The Morgan fingerprint density at radius 3 is 2.67 bits per heavy atom. The first-order valence-electron chi connectivity index (χ1n) is 7.26. The molecule has 1 amide bonds.